The smallest absolute Gasteiger partial charge is 0.243 e. The fourth-order valence-corrected chi connectivity index (χ4v) is 3.94. The fourth-order valence-electron chi connectivity index (χ4n) is 2.45. The van der Waals surface area contributed by atoms with Gasteiger partial charge in [0.05, 0.1) is 4.90 Å². The fraction of sp³-hybridized carbons (Fsp3) is 0.333. The molecule has 0 amide bonds. The highest BCUT2D eigenvalue weighted by Crippen LogP contribution is 2.22. The number of aromatic nitrogens is 2. The largest absolute Gasteiger partial charge is 0.473 e. The van der Waals surface area contributed by atoms with Crippen LogP contribution in [0.3, 0.4) is 0 Å². The number of hydrogen-bond donors (Lipinski definition) is 0. The number of rotatable bonds is 4. The van der Waals surface area contributed by atoms with E-state index >= 15 is 0 Å². The molecular formula is C15H17N3O3S. The molecule has 0 bridgehead atoms. The van der Waals surface area contributed by atoms with Crippen molar-refractivity contribution in [3.05, 3.63) is 48.7 Å². The number of sulfonamides is 1. The Morgan fingerprint density at radius 3 is 2.41 bits per heavy atom. The van der Waals surface area contributed by atoms with Gasteiger partial charge in [0.2, 0.25) is 15.9 Å². The monoisotopic (exact) mass is 319 g/mol. The average molecular weight is 319 g/mol. The van der Waals surface area contributed by atoms with E-state index < -0.39 is 10.0 Å². The molecule has 2 heterocycles. The minimum absolute atomic E-state index is 0.0288. The summed E-state index contributed by atoms with van der Waals surface area (Å²) >= 11 is 0. The Balaban J connectivity index is 1.62. The molecule has 3 rings (SSSR count). The summed E-state index contributed by atoms with van der Waals surface area (Å²) in [6.45, 7) is 0.893. The third-order valence-corrected chi connectivity index (χ3v) is 5.53. The van der Waals surface area contributed by atoms with Crippen LogP contribution in [0.1, 0.15) is 12.8 Å². The Bertz CT molecular complexity index is 699. The summed E-state index contributed by atoms with van der Waals surface area (Å²) in [4.78, 5) is 0.336. The Kier molecular flexibility index (Phi) is 4.35. The van der Waals surface area contributed by atoms with Crippen molar-refractivity contribution in [2.45, 2.75) is 23.8 Å². The van der Waals surface area contributed by atoms with E-state index in [1.165, 1.54) is 4.31 Å². The van der Waals surface area contributed by atoms with Crippen molar-refractivity contribution in [3.8, 4) is 5.88 Å². The van der Waals surface area contributed by atoms with Crippen LogP contribution in [0.5, 0.6) is 5.88 Å². The molecule has 2 aromatic rings. The molecule has 1 saturated heterocycles. The van der Waals surface area contributed by atoms with Crippen LogP contribution in [0.25, 0.3) is 0 Å². The molecule has 1 aromatic carbocycles. The van der Waals surface area contributed by atoms with Gasteiger partial charge in [-0.15, -0.1) is 5.10 Å². The number of ether oxygens (including phenoxy) is 1. The number of hydrogen-bond acceptors (Lipinski definition) is 5. The van der Waals surface area contributed by atoms with Crippen molar-refractivity contribution in [3.63, 3.8) is 0 Å². The van der Waals surface area contributed by atoms with E-state index in [0.717, 1.165) is 0 Å². The lowest BCUT2D eigenvalue weighted by atomic mass is 10.1. The summed E-state index contributed by atoms with van der Waals surface area (Å²) in [6, 6.07) is 12.0. The SMILES string of the molecule is O=S(=O)(c1ccccc1)N1CCC(Oc2cccnn2)CC1. The molecule has 1 aliphatic heterocycles. The molecular weight excluding hydrogens is 302 g/mol. The van der Waals surface area contributed by atoms with Gasteiger partial charge in [0.1, 0.15) is 6.10 Å². The van der Waals surface area contributed by atoms with Crippen LogP contribution in [0.4, 0.5) is 0 Å². The summed E-state index contributed by atoms with van der Waals surface area (Å²) < 4.78 is 32.3. The zero-order valence-electron chi connectivity index (χ0n) is 12.0. The molecule has 0 N–H and O–H groups in total. The van der Waals surface area contributed by atoms with Gasteiger partial charge < -0.3 is 4.74 Å². The van der Waals surface area contributed by atoms with E-state index in [2.05, 4.69) is 10.2 Å². The molecule has 0 spiro atoms. The van der Waals surface area contributed by atoms with Crippen molar-refractivity contribution < 1.29 is 13.2 Å². The van der Waals surface area contributed by atoms with Crippen LogP contribution >= 0.6 is 0 Å². The second-order valence-corrected chi connectivity index (χ2v) is 7.03. The van der Waals surface area contributed by atoms with Crippen molar-refractivity contribution in [1.29, 1.82) is 0 Å². The molecule has 116 valence electrons. The van der Waals surface area contributed by atoms with Gasteiger partial charge in [-0.25, -0.2) is 8.42 Å². The van der Waals surface area contributed by atoms with Gasteiger partial charge in [-0.1, -0.05) is 18.2 Å². The second-order valence-electron chi connectivity index (χ2n) is 5.10. The first kappa shape index (κ1) is 14.9. The topological polar surface area (TPSA) is 72.4 Å². The summed E-state index contributed by atoms with van der Waals surface area (Å²) in [5, 5.41) is 7.65. The van der Waals surface area contributed by atoms with Gasteiger partial charge >= 0.3 is 0 Å². The third-order valence-electron chi connectivity index (χ3n) is 3.62. The van der Waals surface area contributed by atoms with E-state index in [4.69, 9.17) is 4.74 Å². The highest BCUT2D eigenvalue weighted by molar-refractivity contribution is 7.89. The Morgan fingerprint density at radius 1 is 1.05 bits per heavy atom. The molecule has 7 heteroatoms. The van der Waals surface area contributed by atoms with Crippen molar-refractivity contribution in [2.24, 2.45) is 0 Å². The van der Waals surface area contributed by atoms with Crippen molar-refractivity contribution in [1.82, 2.24) is 14.5 Å². The number of nitrogens with zero attached hydrogens (tertiary/aromatic N) is 3. The quantitative estimate of drug-likeness (QED) is 0.858. The Morgan fingerprint density at radius 2 is 1.77 bits per heavy atom. The molecule has 1 aromatic heterocycles. The maximum absolute atomic E-state index is 12.5. The van der Waals surface area contributed by atoms with Gasteiger partial charge in [0, 0.05) is 25.4 Å². The molecule has 6 nitrogen and oxygen atoms in total. The zero-order chi connectivity index (χ0) is 15.4. The highest BCUT2D eigenvalue weighted by atomic mass is 32.2. The van der Waals surface area contributed by atoms with Gasteiger partial charge in [0.25, 0.3) is 0 Å². The maximum Gasteiger partial charge on any atom is 0.243 e. The van der Waals surface area contributed by atoms with Crippen LogP contribution in [-0.2, 0) is 10.0 Å². The molecule has 1 aliphatic rings. The normalized spacial score (nSPS) is 17.3. The number of benzene rings is 1. The lowest BCUT2D eigenvalue weighted by molar-refractivity contribution is 0.128. The minimum Gasteiger partial charge on any atom is -0.473 e. The average Bonchev–Trinajstić information content (AvgIpc) is 2.57. The Hall–Kier alpha value is -1.99. The standard InChI is InChI=1S/C15H17N3O3S/c19-22(20,14-5-2-1-3-6-14)18-11-8-13(9-12-18)21-15-7-4-10-16-17-15/h1-7,10,13H,8-9,11-12H2. The minimum atomic E-state index is -3.41. The van der Waals surface area contributed by atoms with E-state index in [0.29, 0.717) is 36.7 Å². The predicted octanol–water partition coefficient (Wildman–Crippen LogP) is 1.71. The van der Waals surface area contributed by atoms with Crippen molar-refractivity contribution in [2.75, 3.05) is 13.1 Å². The van der Waals surface area contributed by atoms with Gasteiger partial charge in [-0.2, -0.15) is 9.40 Å². The molecule has 0 saturated carbocycles. The number of piperidine rings is 1. The lowest BCUT2D eigenvalue weighted by Crippen LogP contribution is -2.41. The molecule has 0 atom stereocenters. The van der Waals surface area contributed by atoms with E-state index in [1.807, 2.05) is 0 Å². The molecule has 0 aliphatic carbocycles. The molecule has 0 radical (unpaired) electrons. The van der Waals surface area contributed by atoms with Gasteiger partial charge in [0.15, 0.2) is 0 Å². The van der Waals surface area contributed by atoms with Crippen LogP contribution in [0.15, 0.2) is 53.6 Å². The maximum atomic E-state index is 12.5. The first-order valence-corrected chi connectivity index (χ1v) is 8.60. The summed E-state index contributed by atoms with van der Waals surface area (Å²) in [5.41, 5.74) is 0. The summed E-state index contributed by atoms with van der Waals surface area (Å²) in [5.74, 6) is 0.479. The lowest BCUT2D eigenvalue weighted by Gasteiger charge is -2.31. The molecule has 1 fully saturated rings. The Labute approximate surface area is 129 Å². The molecule has 22 heavy (non-hydrogen) atoms. The van der Waals surface area contributed by atoms with Gasteiger partial charge in [-0.05, 0) is 31.0 Å². The van der Waals surface area contributed by atoms with Crippen LogP contribution in [-0.4, -0.2) is 42.1 Å². The third kappa shape index (κ3) is 3.26. The van der Waals surface area contributed by atoms with E-state index in [1.54, 1.807) is 48.7 Å². The first-order chi connectivity index (χ1) is 10.7. The molecule has 0 unspecified atom stereocenters. The van der Waals surface area contributed by atoms with Crippen LogP contribution in [0, 0.1) is 0 Å². The van der Waals surface area contributed by atoms with Crippen molar-refractivity contribution >= 4 is 10.0 Å². The first-order valence-electron chi connectivity index (χ1n) is 7.16. The van der Waals surface area contributed by atoms with E-state index in [9.17, 15) is 8.42 Å². The summed E-state index contributed by atoms with van der Waals surface area (Å²) in [7, 11) is -3.41. The van der Waals surface area contributed by atoms with Gasteiger partial charge in [-0.3, -0.25) is 0 Å². The summed E-state index contributed by atoms with van der Waals surface area (Å²) in [6.07, 6.45) is 2.84. The van der Waals surface area contributed by atoms with E-state index in [-0.39, 0.29) is 6.10 Å². The highest BCUT2D eigenvalue weighted by Gasteiger charge is 2.30. The van der Waals surface area contributed by atoms with Crippen LogP contribution in [0.2, 0.25) is 0 Å². The zero-order valence-corrected chi connectivity index (χ0v) is 12.8. The predicted molar refractivity (Wildman–Crippen MR) is 80.9 cm³/mol. The van der Waals surface area contributed by atoms with Crippen LogP contribution < -0.4 is 4.74 Å². The second kappa shape index (κ2) is 6.41.